The number of nitrogens with one attached hydrogen (secondary N) is 3. The maximum absolute atomic E-state index is 13.4. The lowest BCUT2D eigenvalue weighted by molar-refractivity contribution is -0.139. The van der Waals surface area contributed by atoms with E-state index >= 15 is 0 Å². The second-order valence-corrected chi connectivity index (χ2v) is 8.59. The van der Waals surface area contributed by atoms with E-state index in [1.54, 1.807) is 43.5 Å². The number of nitrogens with zero attached hydrogens (tertiary/aromatic N) is 2. The predicted octanol–water partition coefficient (Wildman–Crippen LogP) is 1.33. The zero-order valence-corrected chi connectivity index (χ0v) is 20.3. The highest BCUT2D eigenvalue weighted by Crippen LogP contribution is 2.30. The molecule has 4 rings (SSSR count). The molecule has 2 aliphatic rings. The van der Waals surface area contributed by atoms with E-state index in [2.05, 4.69) is 16.0 Å². The van der Waals surface area contributed by atoms with Crippen LogP contribution in [0, 0.1) is 0 Å². The Labute approximate surface area is 208 Å². The Morgan fingerprint density at radius 1 is 1.06 bits per heavy atom. The Bertz CT molecular complexity index is 1110. The van der Waals surface area contributed by atoms with E-state index in [1.807, 2.05) is 6.07 Å². The van der Waals surface area contributed by atoms with Gasteiger partial charge in [-0.3, -0.25) is 24.7 Å². The van der Waals surface area contributed by atoms with Gasteiger partial charge in [0.2, 0.25) is 5.91 Å². The van der Waals surface area contributed by atoms with Gasteiger partial charge in [-0.05, 0) is 17.7 Å². The number of rotatable bonds is 8. The quantitative estimate of drug-likeness (QED) is 0.500. The summed E-state index contributed by atoms with van der Waals surface area (Å²) in [5.74, 6) is 0.352. The highest BCUT2D eigenvalue weighted by Gasteiger charge is 2.47. The van der Waals surface area contributed by atoms with E-state index in [1.165, 1.54) is 12.0 Å². The molecule has 0 aromatic heterocycles. The average molecular weight is 502 g/mol. The van der Waals surface area contributed by atoms with Gasteiger partial charge in [0, 0.05) is 30.2 Å². The first-order valence-corrected chi connectivity index (χ1v) is 11.6. The first-order valence-electron chi connectivity index (χ1n) is 11.2. The lowest BCUT2D eigenvalue weighted by Crippen LogP contribution is -2.75. The lowest BCUT2D eigenvalue weighted by atomic mass is 10.1. The Kier molecular flexibility index (Phi) is 7.74. The van der Waals surface area contributed by atoms with Gasteiger partial charge < -0.3 is 20.1 Å². The fraction of sp³-hybridized carbons (Fsp3) is 0.375. The number of fused-ring (bicyclic) bond motifs is 1. The summed E-state index contributed by atoms with van der Waals surface area (Å²) in [7, 11) is 3.07. The zero-order valence-electron chi connectivity index (χ0n) is 19.5. The number of carbonyl (C=O) groups excluding carboxylic acids is 3. The molecule has 0 spiro atoms. The van der Waals surface area contributed by atoms with Gasteiger partial charge in [-0.1, -0.05) is 41.9 Å². The predicted molar refractivity (Wildman–Crippen MR) is 129 cm³/mol. The molecule has 4 amide bonds. The van der Waals surface area contributed by atoms with Gasteiger partial charge in [0.05, 0.1) is 20.8 Å². The maximum Gasteiger partial charge on any atom is 0.328 e. The van der Waals surface area contributed by atoms with Crippen LogP contribution >= 0.6 is 11.6 Å². The minimum absolute atomic E-state index is 0.0152. The number of benzene rings is 2. The standard InChI is InChI=1S/C24H28ClN5O5/c1-34-18-9-5-7-15(21(18)35-2)12-28-19(31)14-29-22-20(26-10-11-27-22)23(32)30(24(29)33)13-16-6-3-4-8-17(16)25/h3-9,20,22,26-27H,10-14H2,1-2H3,(H,28,31). The molecular formula is C24H28ClN5O5. The van der Waals surface area contributed by atoms with E-state index in [0.29, 0.717) is 35.2 Å². The van der Waals surface area contributed by atoms with Crippen LogP contribution < -0.4 is 25.4 Å². The van der Waals surface area contributed by atoms with E-state index in [0.717, 1.165) is 10.5 Å². The maximum atomic E-state index is 13.4. The number of hydrogen-bond acceptors (Lipinski definition) is 7. The van der Waals surface area contributed by atoms with Gasteiger partial charge in [-0.25, -0.2) is 4.79 Å². The van der Waals surface area contributed by atoms with Crippen molar-refractivity contribution >= 4 is 29.4 Å². The molecule has 0 aliphatic carbocycles. The average Bonchev–Trinajstić information content (AvgIpc) is 2.88. The highest BCUT2D eigenvalue weighted by molar-refractivity contribution is 6.31. The molecule has 2 atom stereocenters. The van der Waals surface area contributed by atoms with Crippen molar-refractivity contribution in [2.45, 2.75) is 25.3 Å². The molecule has 11 heteroatoms. The van der Waals surface area contributed by atoms with Crippen molar-refractivity contribution < 1.29 is 23.9 Å². The first-order chi connectivity index (χ1) is 16.9. The third kappa shape index (κ3) is 5.19. The van der Waals surface area contributed by atoms with Crippen molar-refractivity contribution in [2.24, 2.45) is 0 Å². The summed E-state index contributed by atoms with van der Waals surface area (Å²) in [5, 5.41) is 9.65. The molecule has 3 N–H and O–H groups in total. The second kappa shape index (κ2) is 10.9. The topological polar surface area (TPSA) is 112 Å². The van der Waals surface area contributed by atoms with Gasteiger partial charge >= 0.3 is 6.03 Å². The Hall–Kier alpha value is -3.34. The lowest BCUT2D eigenvalue weighted by Gasteiger charge is -2.47. The molecule has 2 heterocycles. The van der Waals surface area contributed by atoms with Crippen LogP contribution in [0.5, 0.6) is 11.5 Å². The molecule has 2 aliphatic heterocycles. The normalized spacial score (nSPS) is 19.9. The Balaban J connectivity index is 1.50. The van der Waals surface area contributed by atoms with Crippen LogP contribution in [0.4, 0.5) is 4.79 Å². The van der Waals surface area contributed by atoms with Crippen molar-refractivity contribution in [1.29, 1.82) is 0 Å². The fourth-order valence-electron chi connectivity index (χ4n) is 4.33. The Morgan fingerprint density at radius 3 is 2.54 bits per heavy atom. The SMILES string of the molecule is COc1cccc(CNC(=O)CN2C(=O)N(Cc3ccccc3Cl)C(=O)C3NCCNC32)c1OC. The van der Waals surface area contributed by atoms with Crippen molar-refractivity contribution in [3.63, 3.8) is 0 Å². The molecule has 35 heavy (non-hydrogen) atoms. The molecular weight excluding hydrogens is 474 g/mol. The molecule has 0 bridgehead atoms. The van der Waals surface area contributed by atoms with Gasteiger partial charge in [0.15, 0.2) is 11.5 Å². The first kappa shape index (κ1) is 24.8. The number of methoxy groups -OCH3 is 2. The van der Waals surface area contributed by atoms with Crippen molar-refractivity contribution in [2.75, 3.05) is 33.9 Å². The number of urea groups is 1. The minimum atomic E-state index is -0.671. The second-order valence-electron chi connectivity index (χ2n) is 8.19. The Morgan fingerprint density at radius 2 is 1.80 bits per heavy atom. The summed E-state index contributed by atoms with van der Waals surface area (Å²) in [6.07, 6.45) is -0.636. The number of para-hydroxylation sites is 1. The molecule has 2 saturated heterocycles. The summed E-state index contributed by atoms with van der Waals surface area (Å²) in [5.41, 5.74) is 1.38. The third-order valence-electron chi connectivity index (χ3n) is 6.06. The molecule has 2 unspecified atom stereocenters. The van der Waals surface area contributed by atoms with Crippen LogP contribution in [-0.4, -0.2) is 73.7 Å². The zero-order chi connectivity index (χ0) is 24.9. The number of carbonyl (C=O) groups is 3. The van der Waals surface area contributed by atoms with Crippen LogP contribution in [0.15, 0.2) is 42.5 Å². The number of imide groups is 1. The van der Waals surface area contributed by atoms with Crippen molar-refractivity contribution in [3.05, 3.63) is 58.6 Å². The van der Waals surface area contributed by atoms with Crippen LogP contribution in [0.1, 0.15) is 11.1 Å². The van der Waals surface area contributed by atoms with E-state index < -0.39 is 18.2 Å². The summed E-state index contributed by atoms with van der Waals surface area (Å²) < 4.78 is 10.7. The van der Waals surface area contributed by atoms with E-state index in [4.69, 9.17) is 21.1 Å². The summed E-state index contributed by atoms with van der Waals surface area (Å²) in [6, 6.07) is 11.2. The third-order valence-corrected chi connectivity index (χ3v) is 6.43. The number of halogens is 1. The molecule has 0 radical (unpaired) electrons. The largest absolute Gasteiger partial charge is 0.493 e. The highest BCUT2D eigenvalue weighted by atomic mass is 35.5. The van der Waals surface area contributed by atoms with Gasteiger partial charge in [-0.2, -0.15) is 0 Å². The summed E-state index contributed by atoms with van der Waals surface area (Å²) in [4.78, 5) is 42.0. The van der Waals surface area contributed by atoms with Crippen LogP contribution in [0.3, 0.4) is 0 Å². The van der Waals surface area contributed by atoms with Gasteiger partial charge in [0.1, 0.15) is 18.8 Å². The van der Waals surface area contributed by atoms with Gasteiger partial charge in [0.25, 0.3) is 5.91 Å². The van der Waals surface area contributed by atoms with E-state index in [-0.39, 0.29) is 31.4 Å². The van der Waals surface area contributed by atoms with Gasteiger partial charge in [-0.15, -0.1) is 0 Å². The number of ether oxygens (including phenoxy) is 2. The molecule has 2 aromatic rings. The van der Waals surface area contributed by atoms with Crippen LogP contribution in [0.25, 0.3) is 0 Å². The molecule has 186 valence electrons. The molecule has 10 nitrogen and oxygen atoms in total. The number of piperazine rings is 1. The summed E-state index contributed by atoms with van der Waals surface area (Å²) >= 11 is 6.27. The smallest absolute Gasteiger partial charge is 0.328 e. The summed E-state index contributed by atoms with van der Waals surface area (Å²) in [6.45, 7) is 1.10. The van der Waals surface area contributed by atoms with E-state index in [9.17, 15) is 14.4 Å². The minimum Gasteiger partial charge on any atom is -0.493 e. The molecule has 2 fully saturated rings. The van der Waals surface area contributed by atoms with Crippen molar-refractivity contribution in [3.8, 4) is 11.5 Å². The number of amides is 4. The van der Waals surface area contributed by atoms with Crippen LogP contribution in [0.2, 0.25) is 5.02 Å². The molecule has 0 saturated carbocycles. The molecule has 2 aromatic carbocycles. The van der Waals surface area contributed by atoms with Crippen LogP contribution in [-0.2, 0) is 22.7 Å². The van der Waals surface area contributed by atoms with Crippen molar-refractivity contribution in [1.82, 2.24) is 25.8 Å². The monoisotopic (exact) mass is 501 g/mol. The number of hydrogen-bond donors (Lipinski definition) is 3. The fourth-order valence-corrected chi connectivity index (χ4v) is 4.53.